The van der Waals surface area contributed by atoms with Gasteiger partial charge in [0.1, 0.15) is 5.01 Å². The fraction of sp³-hybridized carbons (Fsp3) is 0.667. The lowest BCUT2D eigenvalue weighted by Gasteiger charge is -2.27. The summed E-state index contributed by atoms with van der Waals surface area (Å²) in [5.74, 6) is 0.0261. The molecule has 1 fully saturated rings. The van der Waals surface area contributed by atoms with Gasteiger partial charge in [0.15, 0.2) is 0 Å². The zero-order valence-corrected chi connectivity index (χ0v) is 14.0. The van der Waals surface area contributed by atoms with Crippen molar-refractivity contribution in [1.29, 1.82) is 0 Å². The summed E-state index contributed by atoms with van der Waals surface area (Å²) in [5, 5.41) is 9.13. The van der Waals surface area contributed by atoms with Gasteiger partial charge in [-0.1, -0.05) is 0 Å². The minimum absolute atomic E-state index is 0. The molecule has 0 radical (unpaired) electrons. The van der Waals surface area contributed by atoms with Crippen LogP contribution in [0.25, 0.3) is 0 Å². The maximum absolute atomic E-state index is 12.0. The van der Waals surface area contributed by atoms with Crippen LogP contribution >= 0.6 is 36.2 Å². The first kappa shape index (κ1) is 19.6. The largest absolute Gasteiger partial charge is 0.378 e. The first-order chi connectivity index (χ1) is 8.58. The van der Waals surface area contributed by atoms with Gasteiger partial charge in [-0.15, -0.1) is 36.2 Å². The van der Waals surface area contributed by atoms with Crippen molar-refractivity contribution in [3.05, 3.63) is 16.6 Å². The summed E-state index contributed by atoms with van der Waals surface area (Å²) in [7, 11) is 0. The minimum atomic E-state index is -0.416. The van der Waals surface area contributed by atoms with Gasteiger partial charge < -0.3 is 15.4 Å². The summed E-state index contributed by atoms with van der Waals surface area (Å²) in [6.07, 6.45) is 2.19. The number of aromatic nitrogens is 1. The molecule has 1 amide bonds. The molecule has 1 aromatic heterocycles. The first-order valence-corrected chi connectivity index (χ1v) is 6.98. The molecule has 0 aliphatic carbocycles. The van der Waals surface area contributed by atoms with Crippen molar-refractivity contribution >= 4 is 42.1 Å². The summed E-state index contributed by atoms with van der Waals surface area (Å²) >= 11 is 1.55. The lowest BCUT2D eigenvalue weighted by Crippen LogP contribution is -2.47. The molecule has 0 saturated carbocycles. The van der Waals surface area contributed by atoms with Crippen LogP contribution < -0.4 is 10.6 Å². The number of carbonyl (C=O) groups excluding carboxylic acids is 1. The van der Waals surface area contributed by atoms with Crippen LogP contribution in [0.5, 0.6) is 0 Å². The number of halogens is 2. The Labute approximate surface area is 135 Å². The van der Waals surface area contributed by atoms with Gasteiger partial charge in [-0.25, -0.2) is 4.98 Å². The maximum Gasteiger partial charge on any atom is 0.222 e. The molecule has 1 aliphatic rings. The molecular weight excluding hydrogens is 321 g/mol. The molecule has 8 heteroatoms. The minimum Gasteiger partial charge on any atom is -0.378 e. The van der Waals surface area contributed by atoms with Crippen LogP contribution in [0.2, 0.25) is 0 Å². The predicted molar refractivity (Wildman–Crippen MR) is 85.0 cm³/mol. The quantitative estimate of drug-likeness (QED) is 0.875. The van der Waals surface area contributed by atoms with Crippen LogP contribution in [0.15, 0.2) is 11.6 Å². The number of nitrogens with zero attached hydrogens (tertiary/aromatic N) is 1. The molecule has 2 N–H and O–H groups in total. The number of amides is 1. The number of thiazole rings is 1. The Morgan fingerprint density at radius 1 is 1.60 bits per heavy atom. The van der Waals surface area contributed by atoms with E-state index in [2.05, 4.69) is 15.6 Å². The van der Waals surface area contributed by atoms with Crippen molar-refractivity contribution in [1.82, 2.24) is 15.6 Å². The van der Waals surface area contributed by atoms with Gasteiger partial charge in [0.05, 0.1) is 18.8 Å². The van der Waals surface area contributed by atoms with Gasteiger partial charge in [0, 0.05) is 30.6 Å². The first-order valence-electron chi connectivity index (χ1n) is 6.10. The molecule has 0 spiro atoms. The number of ether oxygens (including phenoxy) is 1. The number of nitrogens with one attached hydrogen (secondary N) is 2. The second kappa shape index (κ2) is 8.79. The second-order valence-electron chi connectivity index (χ2n) is 4.94. The van der Waals surface area contributed by atoms with Crippen molar-refractivity contribution in [2.45, 2.75) is 31.8 Å². The molecule has 1 aromatic rings. The van der Waals surface area contributed by atoms with E-state index in [0.717, 1.165) is 18.2 Å². The molecule has 1 aliphatic heterocycles. The van der Waals surface area contributed by atoms with Crippen molar-refractivity contribution in [3.63, 3.8) is 0 Å². The normalized spacial score (nSPS) is 18.6. The van der Waals surface area contributed by atoms with E-state index in [1.165, 1.54) is 0 Å². The average Bonchev–Trinajstić information content (AvgIpc) is 2.83. The lowest BCUT2D eigenvalue weighted by atomic mass is 10.1. The maximum atomic E-state index is 12.0. The molecule has 0 bridgehead atoms. The van der Waals surface area contributed by atoms with Crippen molar-refractivity contribution in [3.8, 4) is 0 Å². The van der Waals surface area contributed by atoms with Gasteiger partial charge >= 0.3 is 0 Å². The topological polar surface area (TPSA) is 63.2 Å². The highest BCUT2D eigenvalue weighted by molar-refractivity contribution is 7.09. The Bertz CT molecular complexity index is 395. The van der Waals surface area contributed by atoms with Gasteiger partial charge in [-0.3, -0.25) is 4.79 Å². The van der Waals surface area contributed by atoms with Crippen LogP contribution in [-0.4, -0.2) is 36.7 Å². The third-order valence-corrected chi connectivity index (χ3v) is 3.95. The van der Waals surface area contributed by atoms with E-state index in [9.17, 15) is 4.79 Å². The highest BCUT2D eigenvalue weighted by Crippen LogP contribution is 2.22. The van der Waals surface area contributed by atoms with Crippen molar-refractivity contribution in [2.24, 2.45) is 0 Å². The average molecular weight is 342 g/mol. The zero-order chi connectivity index (χ0) is 13.0. The molecule has 1 unspecified atom stereocenters. The molecule has 2 rings (SSSR count). The SMILES string of the molecule is CC(C)(NC(=O)CC1COCCN1)c1nccs1.Cl.Cl. The molecule has 2 heterocycles. The van der Waals surface area contributed by atoms with Crippen molar-refractivity contribution < 1.29 is 9.53 Å². The Kier molecular flexibility index (Phi) is 8.62. The standard InChI is InChI=1S/C12H19N3O2S.2ClH/c1-12(2,11-14-4-6-18-11)15-10(16)7-9-8-17-5-3-13-9;;/h4,6,9,13H,3,5,7-8H2,1-2H3,(H,15,16);2*1H. The molecule has 116 valence electrons. The monoisotopic (exact) mass is 341 g/mol. The fourth-order valence-electron chi connectivity index (χ4n) is 1.96. The zero-order valence-electron chi connectivity index (χ0n) is 11.5. The number of carbonyl (C=O) groups is 1. The predicted octanol–water partition coefficient (Wildman–Crippen LogP) is 1.72. The van der Waals surface area contributed by atoms with E-state index < -0.39 is 5.54 Å². The molecule has 1 atom stereocenters. The van der Waals surface area contributed by atoms with E-state index in [-0.39, 0.29) is 36.8 Å². The summed E-state index contributed by atoms with van der Waals surface area (Å²) in [5.41, 5.74) is -0.416. The Morgan fingerprint density at radius 2 is 2.35 bits per heavy atom. The van der Waals surface area contributed by atoms with E-state index in [1.54, 1.807) is 17.5 Å². The molecule has 0 aromatic carbocycles. The summed E-state index contributed by atoms with van der Waals surface area (Å²) in [6, 6.07) is 0.117. The third kappa shape index (κ3) is 5.54. The number of rotatable bonds is 4. The number of hydrogen-bond acceptors (Lipinski definition) is 5. The van der Waals surface area contributed by atoms with E-state index >= 15 is 0 Å². The Morgan fingerprint density at radius 3 is 2.90 bits per heavy atom. The highest BCUT2D eigenvalue weighted by atomic mass is 35.5. The van der Waals surface area contributed by atoms with Crippen LogP contribution in [-0.2, 0) is 15.1 Å². The van der Waals surface area contributed by atoms with E-state index in [1.807, 2.05) is 19.2 Å². The summed E-state index contributed by atoms with van der Waals surface area (Å²) in [4.78, 5) is 16.2. The van der Waals surface area contributed by atoms with Crippen LogP contribution in [0.4, 0.5) is 0 Å². The van der Waals surface area contributed by atoms with Crippen LogP contribution in [0.3, 0.4) is 0 Å². The number of morpholine rings is 1. The molecule has 5 nitrogen and oxygen atoms in total. The molecule has 1 saturated heterocycles. The molecule has 20 heavy (non-hydrogen) atoms. The van der Waals surface area contributed by atoms with Gasteiger partial charge in [0.25, 0.3) is 0 Å². The van der Waals surface area contributed by atoms with E-state index in [4.69, 9.17) is 4.74 Å². The Balaban J connectivity index is 0.00000180. The summed E-state index contributed by atoms with van der Waals surface area (Å²) in [6.45, 7) is 6.07. The lowest BCUT2D eigenvalue weighted by molar-refractivity contribution is -0.124. The van der Waals surface area contributed by atoms with Gasteiger partial charge in [0.2, 0.25) is 5.91 Å². The van der Waals surface area contributed by atoms with Gasteiger partial charge in [-0.05, 0) is 13.8 Å². The van der Waals surface area contributed by atoms with Gasteiger partial charge in [-0.2, -0.15) is 0 Å². The highest BCUT2D eigenvalue weighted by Gasteiger charge is 2.27. The fourth-order valence-corrected chi connectivity index (χ4v) is 2.68. The third-order valence-electron chi connectivity index (χ3n) is 2.85. The second-order valence-corrected chi connectivity index (χ2v) is 5.84. The smallest absolute Gasteiger partial charge is 0.222 e. The summed E-state index contributed by atoms with van der Waals surface area (Å²) < 4.78 is 5.33. The van der Waals surface area contributed by atoms with E-state index in [0.29, 0.717) is 13.0 Å². The number of hydrogen-bond donors (Lipinski definition) is 2. The Hall–Kier alpha value is -0.400. The van der Waals surface area contributed by atoms with Crippen molar-refractivity contribution in [2.75, 3.05) is 19.8 Å². The van der Waals surface area contributed by atoms with Crippen LogP contribution in [0, 0.1) is 0 Å². The van der Waals surface area contributed by atoms with Crippen LogP contribution in [0.1, 0.15) is 25.3 Å². The molecular formula is C12H21Cl2N3O2S.